The summed E-state index contributed by atoms with van der Waals surface area (Å²) in [6.45, 7) is 0. The Labute approximate surface area is 145 Å². The average Bonchev–Trinajstić information content (AvgIpc) is 3.23. The molecule has 2 aromatic heterocycles. The number of thioether (sulfide) groups is 1. The molecule has 1 amide bonds. The third-order valence-corrected chi connectivity index (χ3v) is 5.10. The van der Waals surface area contributed by atoms with Crippen LogP contribution < -0.4 is 11.2 Å². The molecule has 24 heavy (non-hydrogen) atoms. The number of thiophene rings is 1. The topological polar surface area (TPSA) is 85.8 Å². The third-order valence-electron chi connectivity index (χ3n) is 3.21. The first-order valence-electron chi connectivity index (χ1n) is 6.99. The van der Waals surface area contributed by atoms with E-state index in [9.17, 15) is 9.18 Å². The van der Waals surface area contributed by atoms with Crippen LogP contribution in [0.5, 0.6) is 0 Å². The Morgan fingerprint density at radius 3 is 2.79 bits per heavy atom. The van der Waals surface area contributed by atoms with Crippen molar-refractivity contribution in [2.24, 2.45) is 0 Å². The second-order valence-corrected chi connectivity index (χ2v) is 6.80. The number of nitrogens with two attached hydrogens (primary N) is 1. The first-order chi connectivity index (χ1) is 11.6. The number of nitrogens with zero attached hydrogens (tertiary/aromatic N) is 3. The maximum Gasteiger partial charge on any atom is 0.231 e. The van der Waals surface area contributed by atoms with Gasteiger partial charge in [0.1, 0.15) is 12.1 Å². The minimum Gasteiger partial charge on any atom is -0.344 e. The molecule has 1 atom stereocenters. The van der Waals surface area contributed by atoms with Crippen LogP contribution in [0.2, 0.25) is 0 Å². The van der Waals surface area contributed by atoms with Crippen molar-refractivity contribution in [1.29, 1.82) is 0 Å². The van der Waals surface area contributed by atoms with E-state index in [0.717, 1.165) is 10.4 Å². The number of nitrogen functional groups attached to an aromatic ring is 1. The number of halogens is 1. The van der Waals surface area contributed by atoms with Crippen LogP contribution in [0.4, 0.5) is 4.39 Å². The lowest BCUT2D eigenvalue weighted by Gasteiger charge is -2.18. The third kappa shape index (κ3) is 3.92. The molecule has 3 N–H and O–H groups in total. The summed E-state index contributed by atoms with van der Waals surface area (Å²) in [4.78, 5) is 13.3. The van der Waals surface area contributed by atoms with Crippen molar-refractivity contribution in [1.82, 2.24) is 20.2 Å². The Balaban J connectivity index is 1.71. The second kappa shape index (κ2) is 7.45. The molecule has 6 nitrogen and oxygen atoms in total. The summed E-state index contributed by atoms with van der Waals surface area (Å²) in [7, 11) is 0. The number of aromatic nitrogens is 3. The molecule has 0 fully saturated rings. The van der Waals surface area contributed by atoms with Gasteiger partial charge in [-0.1, -0.05) is 30.0 Å². The fraction of sp³-hybridized carbons (Fsp3) is 0.133. The highest BCUT2D eigenvalue weighted by atomic mass is 32.2. The largest absolute Gasteiger partial charge is 0.344 e. The van der Waals surface area contributed by atoms with Gasteiger partial charge in [0.25, 0.3) is 0 Å². The van der Waals surface area contributed by atoms with E-state index in [1.807, 2.05) is 17.5 Å². The molecule has 2 heterocycles. The number of rotatable bonds is 6. The van der Waals surface area contributed by atoms with Crippen LogP contribution in [0.1, 0.15) is 16.5 Å². The van der Waals surface area contributed by atoms with Crippen molar-refractivity contribution in [3.05, 3.63) is 64.4 Å². The summed E-state index contributed by atoms with van der Waals surface area (Å²) >= 11 is 2.72. The molecule has 3 rings (SSSR count). The van der Waals surface area contributed by atoms with Crippen LogP contribution in [0, 0.1) is 5.82 Å². The van der Waals surface area contributed by atoms with E-state index in [-0.39, 0.29) is 23.5 Å². The number of amides is 1. The van der Waals surface area contributed by atoms with E-state index in [1.165, 1.54) is 46.2 Å². The molecular formula is C15H14FN5OS2. The Hall–Kier alpha value is -2.39. The van der Waals surface area contributed by atoms with Gasteiger partial charge in [-0.15, -0.1) is 21.5 Å². The molecule has 124 valence electrons. The van der Waals surface area contributed by atoms with E-state index in [2.05, 4.69) is 15.5 Å². The monoisotopic (exact) mass is 363 g/mol. The fourth-order valence-corrected chi connectivity index (χ4v) is 3.54. The molecule has 0 bridgehead atoms. The number of hydrogen-bond donors (Lipinski definition) is 2. The first kappa shape index (κ1) is 16.5. The summed E-state index contributed by atoms with van der Waals surface area (Å²) in [6, 6.07) is 9.63. The number of hydrogen-bond acceptors (Lipinski definition) is 6. The Morgan fingerprint density at radius 2 is 2.17 bits per heavy atom. The van der Waals surface area contributed by atoms with Crippen molar-refractivity contribution in [2.45, 2.75) is 11.2 Å². The van der Waals surface area contributed by atoms with Gasteiger partial charge in [-0.3, -0.25) is 4.79 Å². The minimum absolute atomic E-state index is 0.152. The first-order valence-corrected chi connectivity index (χ1v) is 8.86. The number of benzene rings is 1. The van der Waals surface area contributed by atoms with Gasteiger partial charge in [-0.25, -0.2) is 9.07 Å². The smallest absolute Gasteiger partial charge is 0.231 e. The highest BCUT2D eigenvalue weighted by Crippen LogP contribution is 2.26. The molecule has 1 aromatic carbocycles. The van der Waals surface area contributed by atoms with Crippen molar-refractivity contribution in [2.75, 3.05) is 11.6 Å². The van der Waals surface area contributed by atoms with Crippen LogP contribution in [-0.2, 0) is 4.79 Å². The summed E-state index contributed by atoms with van der Waals surface area (Å²) in [5.74, 6) is 5.28. The molecule has 0 aliphatic rings. The highest BCUT2D eigenvalue weighted by molar-refractivity contribution is 7.99. The van der Waals surface area contributed by atoms with Crippen LogP contribution in [0.3, 0.4) is 0 Å². The molecule has 0 radical (unpaired) electrons. The van der Waals surface area contributed by atoms with Gasteiger partial charge in [0.15, 0.2) is 0 Å². The lowest BCUT2D eigenvalue weighted by atomic mass is 10.1. The van der Waals surface area contributed by atoms with Crippen LogP contribution in [-0.4, -0.2) is 26.5 Å². The van der Waals surface area contributed by atoms with Gasteiger partial charge in [-0.2, -0.15) is 0 Å². The Bertz CT molecular complexity index is 804. The molecule has 9 heteroatoms. The summed E-state index contributed by atoms with van der Waals surface area (Å²) in [5.41, 5.74) is 0.819. The van der Waals surface area contributed by atoms with Crippen LogP contribution in [0.25, 0.3) is 0 Å². The average molecular weight is 363 g/mol. The normalized spacial score (nSPS) is 12.0. The van der Waals surface area contributed by atoms with Crippen LogP contribution in [0.15, 0.2) is 53.3 Å². The zero-order valence-electron chi connectivity index (χ0n) is 12.4. The van der Waals surface area contributed by atoms with Gasteiger partial charge >= 0.3 is 0 Å². The molecule has 0 aliphatic heterocycles. The van der Waals surface area contributed by atoms with Crippen LogP contribution >= 0.6 is 23.1 Å². The standard InChI is InChI=1S/C15H14FN5OS2/c16-11-5-3-10(4-6-11)14(12-2-1-7-23-12)19-13(22)8-24-15-20-18-9-21(15)17/h1-7,9,14H,8,17H2,(H,19,22)/t14-/m1/s1. The van der Waals surface area contributed by atoms with Crippen molar-refractivity contribution in [3.63, 3.8) is 0 Å². The lowest BCUT2D eigenvalue weighted by Crippen LogP contribution is -2.30. The van der Waals surface area contributed by atoms with Gasteiger partial charge in [0.05, 0.1) is 11.8 Å². The predicted octanol–water partition coefficient (Wildman–Crippen LogP) is 2.19. The molecule has 0 saturated heterocycles. The molecule has 0 unspecified atom stereocenters. The summed E-state index contributed by atoms with van der Waals surface area (Å²) in [6.07, 6.45) is 1.37. The zero-order valence-corrected chi connectivity index (χ0v) is 14.1. The predicted molar refractivity (Wildman–Crippen MR) is 91.6 cm³/mol. The van der Waals surface area contributed by atoms with Gasteiger partial charge < -0.3 is 11.2 Å². The van der Waals surface area contributed by atoms with Crippen molar-refractivity contribution < 1.29 is 9.18 Å². The van der Waals surface area contributed by atoms with E-state index in [4.69, 9.17) is 5.84 Å². The maximum absolute atomic E-state index is 13.2. The quantitative estimate of drug-likeness (QED) is 0.518. The molecule has 3 aromatic rings. The van der Waals surface area contributed by atoms with Crippen molar-refractivity contribution >= 4 is 29.0 Å². The summed E-state index contributed by atoms with van der Waals surface area (Å²) in [5, 5.41) is 12.8. The molecular weight excluding hydrogens is 349 g/mol. The lowest BCUT2D eigenvalue weighted by molar-refractivity contribution is -0.119. The van der Waals surface area contributed by atoms with E-state index >= 15 is 0 Å². The molecule has 0 spiro atoms. The molecule has 0 saturated carbocycles. The number of carbonyl (C=O) groups is 1. The Morgan fingerprint density at radius 1 is 1.38 bits per heavy atom. The van der Waals surface area contributed by atoms with E-state index in [0.29, 0.717) is 5.16 Å². The zero-order chi connectivity index (χ0) is 16.9. The Kier molecular flexibility index (Phi) is 5.11. The molecule has 0 aliphatic carbocycles. The number of carbonyl (C=O) groups excluding carboxylic acids is 1. The number of nitrogens with one attached hydrogen (secondary N) is 1. The van der Waals surface area contributed by atoms with Gasteiger partial charge in [-0.05, 0) is 29.1 Å². The van der Waals surface area contributed by atoms with Gasteiger partial charge in [0, 0.05) is 4.88 Å². The fourth-order valence-electron chi connectivity index (χ4n) is 2.10. The highest BCUT2D eigenvalue weighted by Gasteiger charge is 2.18. The minimum atomic E-state index is -0.325. The van der Waals surface area contributed by atoms with E-state index in [1.54, 1.807) is 12.1 Å². The summed E-state index contributed by atoms with van der Waals surface area (Å²) < 4.78 is 14.4. The SMILES string of the molecule is Nn1cnnc1SCC(=O)N[C@H](c1ccc(F)cc1)c1cccs1. The maximum atomic E-state index is 13.2. The van der Waals surface area contributed by atoms with Crippen molar-refractivity contribution in [3.8, 4) is 0 Å². The van der Waals surface area contributed by atoms with E-state index < -0.39 is 0 Å². The second-order valence-electron chi connectivity index (χ2n) is 4.88. The van der Waals surface area contributed by atoms with Gasteiger partial charge in [0.2, 0.25) is 11.1 Å².